The number of hydrogen-bond donors (Lipinski definition) is 2. The van der Waals surface area contributed by atoms with Gasteiger partial charge in [-0.25, -0.2) is 0 Å². The number of rotatable bonds is 6. The second-order valence-electron chi connectivity index (χ2n) is 12.9. The molecule has 1 aromatic rings. The minimum Gasteiger partial charge on any atom is -0.507 e. The molecule has 1 saturated heterocycles. The van der Waals surface area contributed by atoms with Crippen molar-refractivity contribution in [2.45, 2.75) is 97.9 Å². The monoisotopic (exact) mass is 532 g/mol. The second-order valence-corrected chi connectivity index (χ2v) is 12.9. The highest BCUT2D eigenvalue weighted by atomic mass is 16.6. The minimum absolute atomic E-state index is 0.0635. The minimum atomic E-state index is -1.38. The van der Waals surface area contributed by atoms with Crippen LogP contribution in [0.15, 0.2) is 46.6 Å². The first kappa shape index (κ1) is 27.4. The molecule has 0 radical (unpaired) electrons. The van der Waals surface area contributed by atoms with Crippen LogP contribution in [-0.4, -0.2) is 38.6 Å². The van der Waals surface area contributed by atoms with Gasteiger partial charge in [-0.2, -0.15) is 0 Å². The molecule has 6 rings (SSSR count). The highest BCUT2D eigenvalue weighted by Gasteiger charge is 2.81. The summed E-state index contributed by atoms with van der Waals surface area (Å²) in [5, 5.41) is 23.0. The van der Waals surface area contributed by atoms with Crippen LogP contribution in [0.2, 0.25) is 0 Å². The zero-order valence-electron chi connectivity index (χ0n) is 24.3. The average molecular weight is 533 g/mol. The van der Waals surface area contributed by atoms with Crippen LogP contribution in [0.1, 0.15) is 89.7 Å². The first-order valence-corrected chi connectivity index (χ1v) is 13.9. The molecule has 4 bridgehead atoms. The predicted molar refractivity (Wildman–Crippen MR) is 150 cm³/mol. The third-order valence-electron chi connectivity index (χ3n) is 8.92. The molecule has 2 aliphatic heterocycles. The van der Waals surface area contributed by atoms with Gasteiger partial charge in [-0.1, -0.05) is 41.0 Å². The van der Waals surface area contributed by atoms with Gasteiger partial charge in [0.2, 0.25) is 0 Å². The molecule has 6 heteroatoms. The standard InChI is InChI=1S/C33H40O6/c1-17(2)9-11-21-26(34)22(12-10-18(3)4)29-25(27(21)35)28(36)23-15-20-16-24-31(7,8)39-32(30(20)37,14-13-19(5)6)33(23,24)38-29/h9-10,13,15,20,24,34-35H,11-12,14,16H2,1-8H3/t20-,24+,32+,33?/m1/s1. The summed E-state index contributed by atoms with van der Waals surface area (Å²) in [5.41, 5.74) is 0.856. The van der Waals surface area contributed by atoms with Crippen LogP contribution in [0.4, 0.5) is 0 Å². The Morgan fingerprint density at radius 1 is 0.923 bits per heavy atom. The number of phenols is 2. The van der Waals surface area contributed by atoms with Crippen LogP contribution >= 0.6 is 0 Å². The first-order chi connectivity index (χ1) is 18.2. The van der Waals surface area contributed by atoms with Gasteiger partial charge in [0.25, 0.3) is 0 Å². The molecule has 1 spiro atoms. The Bertz CT molecular complexity index is 1410. The van der Waals surface area contributed by atoms with Gasteiger partial charge in [0.1, 0.15) is 22.8 Å². The highest BCUT2D eigenvalue weighted by Crippen LogP contribution is 2.68. The Labute approximate surface area is 231 Å². The summed E-state index contributed by atoms with van der Waals surface area (Å²) in [7, 11) is 0. The van der Waals surface area contributed by atoms with Gasteiger partial charge in [0, 0.05) is 35.0 Å². The van der Waals surface area contributed by atoms with Crippen LogP contribution in [0, 0.1) is 11.8 Å². The predicted octanol–water partition coefficient (Wildman–Crippen LogP) is 6.48. The molecule has 2 heterocycles. The van der Waals surface area contributed by atoms with E-state index in [-0.39, 0.29) is 53.1 Å². The van der Waals surface area contributed by atoms with Crippen LogP contribution < -0.4 is 4.74 Å². The summed E-state index contributed by atoms with van der Waals surface area (Å²) in [6.45, 7) is 15.7. The van der Waals surface area contributed by atoms with E-state index in [0.29, 0.717) is 29.5 Å². The van der Waals surface area contributed by atoms with Crippen LogP contribution in [0.3, 0.4) is 0 Å². The molecular formula is C33H40O6. The zero-order valence-corrected chi connectivity index (χ0v) is 24.3. The third-order valence-corrected chi connectivity index (χ3v) is 8.92. The van der Waals surface area contributed by atoms with Crippen molar-refractivity contribution in [3.8, 4) is 17.2 Å². The molecule has 2 N–H and O–H groups in total. The number of benzene rings is 1. The van der Waals surface area contributed by atoms with E-state index in [1.807, 2.05) is 73.6 Å². The number of ketones is 2. The van der Waals surface area contributed by atoms with E-state index in [2.05, 4.69) is 0 Å². The van der Waals surface area contributed by atoms with Gasteiger partial charge in [-0.15, -0.1) is 0 Å². The van der Waals surface area contributed by atoms with Crippen molar-refractivity contribution in [1.29, 1.82) is 0 Å². The summed E-state index contributed by atoms with van der Waals surface area (Å²) < 4.78 is 13.7. The molecule has 1 saturated carbocycles. The smallest absolute Gasteiger partial charge is 0.200 e. The molecule has 208 valence electrons. The van der Waals surface area contributed by atoms with Gasteiger partial charge >= 0.3 is 0 Å². The Morgan fingerprint density at radius 2 is 1.51 bits per heavy atom. The van der Waals surface area contributed by atoms with Crippen molar-refractivity contribution in [1.82, 2.24) is 0 Å². The summed E-state index contributed by atoms with van der Waals surface area (Å²) in [5.74, 6) is -1.33. The molecule has 4 atom stereocenters. The van der Waals surface area contributed by atoms with Crippen molar-refractivity contribution in [3.05, 3.63) is 63.3 Å². The maximum atomic E-state index is 14.5. The second kappa shape index (κ2) is 8.95. The fraction of sp³-hybridized carbons (Fsp3) is 0.515. The maximum absolute atomic E-state index is 14.5. The van der Waals surface area contributed by atoms with Gasteiger partial charge in [-0.3, -0.25) is 9.59 Å². The quantitative estimate of drug-likeness (QED) is 0.408. The number of carbonyl (C=O) groups is 2. The molecule has 0 aromatic heterocycles. The number of aromatic hydroxyl groups is 2. The summed E-state index contributed by atoms with van der Waals surface area (Å²) >= 11 is 0. The zero-order chi connectivity index (χ0) is 28.7. The van der Waals surface area contributed by atoms with E-state index < -0.39 is 22.7 Å². The van der Waals surface area contributed by atoms with Crippen molar-refractivity contribution >= 4 is 11.6 Å². The summed E-state index contributed by atoms with van der Waals surface area (Å²) in [6, 6.07) is 0. The van der Waals surface area contributed by atoms with E-state index >= 15 is 0 Å². The molecule has 5 aliphatic rings. The lowest BCUT2D eigenvalue weighted by atomic mass is 9.51. The highest BCUT2D eigenvalue weighted by molar-refractivity contribution is 6.18. The van der Waals surface area contributed by atoms with E-state index in [4.69, 9.17) is 9.47 Å². The molecule has 39 heavy (non-hydrogen) atoms. The number of Topliss-reactive ketones (excluding diaryl/α,β-unsaturated/α-hetero) is 2. The van der Waals surface area contributed by atoms with Crippen LogP contribution in [0.25, 0.3) is 0 Å². The maximum Gasteiger partial charge on any atom is 0.200 e. The van der Waals surface area contributed by atoms with Crippen LogP contribution in [0.5, 0.6) is 17.2 Å². The lowest BCUT2D eigenvalue weighted by molar-refractivity contribution is -0.171. The summed E-state index contributed by atoms with van der Waals surface area (Å²) in [6.07, 6.45) is 9.00. The first-order valence-electron chi connectivity index (χ1n) is 13.9. The largest absolute Gasteiger partial charge is 0.507 e. The Hall–Kier alpha value is -3.12. The molecule has 1 unspecified atom stereocenters. The Morgan fingerprint density at radius 3 is 2.10 bits per heavy atom. The fourth-order valence-corrected chi connectivity index (χ4v) is 7.10. The summed E-state index contributed by atoms with van der Waals surface area (Å²) in [4.78, 5) is 28.5. The van der Waals surface area contributed by atoms with Crippen molar-refractivity contribution < 1.29 is 29.3 Å². The van der Waals surface area contributed by atoms with Gasteiger partial charge < -0.3 is 19.7 Å². The van der Waals surface area contributed by atoms with Gasteiger partial charge in [0.15, 0.2) is 22.8 Å². The normalized spacial score (nSPS) is 29.2. The molecule has 3 aliphatic carbocycles. The van der Waals surface area contributed by atoms with E-state index in [0.717, 1.165) is 16.7 Å². The number of phenolic OH excluding ortho intramolecular Hbond substituents is 2. The average Bonchev–Trinajstić information content (AvgIpc) is 2.99. The van der Waals surface area contributed by atoms with E-state index in [9.17, 15) is 19.8 Å². The Kier molecular flexibility index (Phi) is 6.30. The van der Waals surface area contributed by atoms with Gasteiger partial charge in [-0.05, 0) is 74.7 Å². The SMILES string of the molecule is CC(C)=CCc1c(O)c(CC=C(C)C)c2c(c1O)C(=O)C1=C[C@@H]3C[C@H]4C(C)(C)O[C@@](CC=C(C)C)(C3=O)C14O2. The Balaban J connectivity index is 1.82. The molecule has 0 amide bonds. The number of carbonyl (C=O) groups excluding carboxylic acids is 2. The molecule has 6 nitrogen and oxygen atoms in total. The lowest BCUT2D eigenvalue weighted by Gasteiger charge is -2.56. The van der Waals surface area contributed by atoms with E-state index in [1.165, 1.54) is 0 Å². The fourth-order valence-electron chi connectivity index (χ4n) is 7.10. The van der Waals surface area contributed by atoms with E-state index in [1.54, 1.807) is 6.08 Å². The molecule has 1 aromatic carbocycles. The van der Waals surface area contributed by atoms with Crippen molar-refractivity contribution in [3.63, 3.8) is 0 Å². The number of allylic oxidation sites excluding steroid dienone is 6. The number of ether oxygens (including phenoxy) is 2. The number of fused-ring (bicyclic) bond motifs is 1. The lowest BCUT2D eigenvalue weighted by Crippen LogP contribution is -2.72. The van der Waals surface area contributed by atoms with Crippen LogP contribution in [-0.2, 0) is 22.4 Å². The third kappa shape index (κ3) is 3.71. The topological polar surface area (TPSA) is 93.1 Å². The van der Waals surface area contributed by atoms with Crippen molar-refractivity contribution in [2.75, 3.05) is 0 Å². The van der Waals surface area contributed by atoms with Gasteiger partial charge in [0.05, 0.1) is 5.60 Å². The molecular weight excluding hydrogens is 492 g/mol. The number of hydrogen-bond acceptors (Lipinski definition) is 6. The molecule has 2 fully saturated rings. The van der Waals surface area contributed by atoms with Crippen molar-refractivity contribution in [2.24, 2.45) is 11.8 Å².